The number of carbonyl (C=O) groups excluding carboxylic acids is 2. The molecule has 2 aromatic heterocycles. The second-order valence-electron chi connectivity index (χ2n) is 14.1. The summed E-state index contributed by atoms with van der Waals surface area (Å²) in [5.74, 6) is -0.837. The fourth-order valence-electron chi connectivity index (χ4n) is 6.38. The number of fused-ring (bicyclic) bond motifs is 1. The van der Waals surface area contributed by atoms with Gasteiger partial charge in [0, 0.05) is 6.04 Å². The molecule has 2 aliphatic rings. The van der Waals surface area contributed by atoms with E-state index in [2.05, 4.69) is 30.4 Å². The number of imidazole rings is 1. The molecule has 7 N–H and O–H groups in total. The van der Waals surface area contributed by atoms with E-state index in [1.54, 1.807) is 13.8 Å². The molecule has 0 bridgehead atoms. The van der Waals surface area contributed by atoms with Gasteiger partial charge in [-0.25, -0.2) is 15.2 Å². The molecule has 1 saturated carbocycles. The number of nitrogens with two attached hydrogens (primary N) is 1. The van der Waals surface area contributed by atoms with Gasteiger partial charge in [0.15, 0.2) is 23.2 Å². The maximum atomic E-state index is 14.6. The molecule has 2 unspecified atom stereocenters. The Morgan fingerprint density at radius 1 is 1.06 bits per heavy atom. The number of aromatic nitrogens is 4. The minimum Gasteiger partial charge on any atom is -0.465 e. The largest absolute Gasteiger partial charge is 0.465 e. The number of nitrogen functional groups attached to an aromatic ring is 1. The zero-order valence-electron chi connectivity index (χ0n) is 30.1. The molecule has 6 atom stereocenters. The smallest absolute Gasteiger partial charge is 0.342 e. The number of hydrogen-bond donors (Lipinski definition) is 6. The maximum Gasteiger partial charge on any atom is 0.342 e. The van der Waals surface area contributed by atoms with Gasteiger partial charge in [0.2, 0.25) is 5.95 Å². The SMILES string of the molecule is CCOC(=O)[C@H](CC(C)C)NP(=O)(N[C@@H](CC(C)C)C(=O)OCC)OC[C@H]1O[C@@H](n2cnc3c(NC4CCCC4)nc(N)nc32)C(C)(O)C1O. The molecule has 1 aliphatic carbocycles. The lowest BCUT2D eigenvalue weighted by Crippen LogP contribution is -2.47. The molecule has 4 rings (SSSR count). The van der Waals surface area contributed by atoms with Gasteiger partial charge >= 0.3 is 19.6 Å². The molecule has 1 saturated heterocycles. The number of hydrogen-bond acceptors (Lipinski definition) is 14. The van der Waals surface area contributed by atoms with Crippen LogP contribution in [0.1, 0.15) is 93.2 Å². The molecule has 3 heterocycles. The lowest BCUT2D eigenvalue weighted by molar-refractivity contribution is -0.146. The number of ether oxygens (including phenoxy) is 3. The predicted octanol–water partition coefficient (Wildman–Crippen LogP) is 3.03. The third-order valence-electron chi connectivity index (χ3n) is 8.77. The number of anilines is 2. The average molecular weight is 727 g/mol. The van der Waals surface area contributed by atoms with E-state index >= 15 is 0 Å². The predicted molar refractivity (Wildman–Crippen MR) is 186 cm³/mol. The second-order valence-corrected chi connectivity index (χ2v) is 15.9. The van der Waals surface area contributed by atoms with Crippen molar-refractivity contribution in [3.63, 3.8) is 0 Å². The number of nitrogens with zero attached hydrogens (tertiary/aromatic N) is 4. The van der Waals surface area contributed by atoms with Crippen molar-refractivity contribution in [1.29, 1.82) is 0 Å². The van der Waals surface area contributed by atoms with Gasteiger partial charge in [-0.15, -0.1) is 0 Å². The van der Waals surface area contributed by atoms with Crippen molar-refractivity contribution >= 4 is 42.5 Å². The van der Waals surface area contributed by atoms with Gasteiger partial charge in [0.25, 0.3) is 0 Å². The third-order valence-corrected chi connectivity index (χ3v) is 10.6. The highest BCUT2D eigenvalue weighted by Gasteiger charge is 2.54. The van der Waals surface area contributed by atoms with E-state index in [0.29, 0.717) is 11.3 Å². The van der Waals surface area contributed by atoms with Gasteiger partial charge in [-0.1, -0.05) is 40.5 Å². The van der Waals surface area contributed by atoms with Gasteiger partial charge in [0.05, 0.1) is 26.1 Å². The second kappa shape index (κ2) is 17.1. The van der Waals surface area contributed by atoms with E-state index in [0.717, 1.165) is 25.7 Å². The van der Waals surface area contributed by atoms with Gasteiger partial charge in [0.1, 0.15) is 29.9 Å². The summed E-state index contributed by atoms with van der Waals surface area (Å²) in [4.78, 5) is 39.1. The van der Waals surface area contributed by atoms with Crippen molar-refractivity contribution in [3.05, 3.63) is 6.33 Å². The van der Waals surface area contributed by atoms with Crippen LogP contribution in [-0.2, 0) is 32.9 Å². The maximum absolute atomic E-state index is 14.6. The van der Waals surface area contributed by atoms with Gasteiger partial charge in [-0.05, 0) is 58.3 Å². The zero-order chi connectivity index (χ0) is 36.8. The standard InChI is InChI=1S/C32H55N8O9P/c1-8-46-28(42)21(14-18(3)4)38-50(45,39-22(15-19(5)6)29(43)47-9-2)48-16-23-25(41)32(7,44)30(49-23)40-17-34-24-26(35-20-12-10-11-13-20)36-31(33)37-27(24)40/h17-23,25,30,41,44H,8-16H2,1-7H3,(H2,38,39,45)(H3,33,35,36,37)/t21-,22-,23+,25?,30+,32?/m0/s1. The zero-order valence-corrected chi connectivity index (χ0v) is 31.0. The van der Waals surface area contributed by atoms with E-state index in [1.807, 2.05) is 27.7 Å². The Hall–Kier alpha value is -2.92. The third kappa shape index (κ3) is 9.69. The van der Waals surface area contributed by atoms with Crippen LogP contribution in [-0.4, -0.2) is 97.4 Å². The van der Waals surface area contributed by atoms with E-state index < -0.39 is 62.3 Å². The van der Waals surface area contributed by atoms with Crippen LogP contribution < -0.4 is 21.2 Å². The summed E-state index contributed by atoms with van der Waals surface area (Å²) in [6.45, 7) is 12.0. The normalized spacial score (nSPS) is 24.3. The topological polar surface area (TPSA) is 234 Å². The Kier molecular flexibility index (Phi) is 13.6. The van der Waals surface area contributed by atoms with Crippen molar-refractivity contribution < 1.29 is 43.1 Å². The van der Waals surface area contributed by atoms with Crippen molar-refractivity contribution in [3.8, 4) is 0 Å². The van der Waals surface area contributed by atoms with Crippen molar-refractivity contribution in [2.45, 2.75) is 129 Å². The Bertz CT molecular complexity index is 1460. The van der Waals surface area contributed by atoms with Gasteiger partial charge < -0.3 is 40.0 Å². The number of aliphatic hydroxyl groups excluding tert-OH is 1. The number of nitrogens with one attached hydrogen (secondary N) is 3. The Labute approximate surface area is 293 Å². The first kappa shape index (κ1) is 39.9. The first-order valence-electron chi connectivity index (χ1n) is 17.5. The molecular formula is C32H55N8O9P. The molecule has 17 nitrogen and oxygen atoms in total. The van der Waals surface area contributed by atoms with Crippen molar-refractivity contribution in [2.24, 2.45) is 11.8 Å². The van der Waals surface area contributed by atoms with Crippen LogP contribution in [0.15, 0.2) is 6.33 Å². The molecule has 2 fully saturated rings. The van der Waals surface area contributed by atoms with E-state index in [1.165, 1.54) is 17.8 Å². The van der Waals surface area contributed by atoms with Gasteiger partial charge in [-0.3, -0.25) is 18.7 Å². The molecule has 0 aromatic carbocycles. The van der Waals surface area contributed by atoms with Crippen LogP contribution in [0.3, 0.4) is 0 Å². The van der Waals surface area contributed by atoms with Crippen molar-refractivity contribution in [2.75, 3.05) is 30.9 Å². The number of aliphatic hydroxyl groups is 2. The molecule has 0 spiro atoms. The van der Waals surface area contributed by atoms with Gasteiger partial charge in [-0.2, -0.15) is 9.97 Å². The summed E-state index contributed by atoms with van der Waals surface area (Å²) in [6.07, 6.45) is 2.13. The fraction of sp³-hybridized carbons (Fsp3) is 0.781. The highest BCUT2D eigenvalue weighted by atomic mass is 31.2. The summed E-state index contributed by atoms with van der Waals surface area (Å²) >= 11 is 0. The highest BCUT2D eigenvalue weighted by Crippen LogP contribution is 2.45. The molecule has 1 aliphatic heterocycles. The molecular weight excluding hydrogens is 671 g/mol. The molecule has 18 heteroatoms. The van der Waals surface area contributed by atoms with E-state index in [-0.39, 0.29) is 55.5 Å². The molecule has 0 radical (unpaired) electrons. The van der Waals surface area contributed by atoms with E-state index in [9.17, 15) is 24.4 Å². The fourth-order valence-corrected chi connectivity index (χ4v) is 8.20. The van der Waals surface area contributed by atoms with Crippen molar-refractivity contribution in [1.82, 2.24) is 29.7 Å². The van der Waals surface area contributed by atoms with Crippen LogP contribution in [0.4, 0.5) is 11.8 Å². The first-order valence-corrected chi connectivity index (χ1v) is 19.2. The summed E-state index contributed by atoms with van der Waals surface area (Å²) in [6, 6.07) is -1.90. The number of carbonyl (C=O) groups is 2. The lowest BCUT2D eigenvalue weighted by Gasteiger charge is -2.30. The molecule has 50 heavy (non-hydrogen) atoms. The van der Waals surface area contributed by atoms with Crippen LogP contribution in [0.2, 0.25) is 0 Å². The summed E-state index contributed by atoms with van der Waals surface area (Å²) in [5, 5.41) is 31.9. The van der Waals surface area contributed by atoms with E-state index in [4.69, 9.17) is 24.5 Å². The van der Waals surface area contributed by atoms with Crippen LogP contribution in [0.25, 0.3) is 11.2 Å². The minimum absolute atomic E-state index is 0.00514. The Morgan fingerprint density at radius 3 is 2.14 bits per heavy atom. The lowest BCUT2D eigenvalue weighted by atomic mass is 9.96. The summed E-state index contributed by atoms with van der Waals surface area (Å²) < 4.78 is 38.7. The molecule has 282 valence electrons. The quantitative estimate of drug-likeness (QED) is 0.0957. The monoisotopic (exact) mass is 726 g/mol. The van der Waals surface area contributed by atoms with Crippen LogP contribution in [0.5, 0.6) is 0 Å². The minimum atomic E-state index is -4.31. The van der Waals surface area contributed by atoms with Crippen LogP contribution >= 0.6 is 7.67 Å². The first-order chi connectivity index (χ1) is 23.6. The number of rotatable bonds is 18. The summed E-state index contributed by atoms with van der Waals surface area (Å²) in [5.41, 5.74) is 4.87. The Balaban J connectivity index is 1.62. The molecule has 0 amide bonds. The summed E-state index contributed by atoms with van der Waals surface area (Å²) in [7, 11) is -4.31. The average Bonchev–Trinajstić information content (AvgIpc) is 3.74. The van der Waals surface area contributed by atoms with Crippen LogP contribution in [0, 0.1) is 11.8 Å². The Morgan fingerprint density at radius 2 is 1.62 bits per heavy atom. The molecule has 2 aromatic rings. The number of esters is 2. The highest BCUT2D eigenvalue weighted by molar-refractivity contribution is 7.54.